The fraction of sp³-hybridized carbons (Fsp3) is 0.818. The van der Waals surface area contributed by atoms with Gasteiger partial charge in [-0.05, 0) is 6.42 Å². The molecule has 0 aromatic rings. The van der Waals surface area contributed by atoms with Crippen molar-refractivity contribution in [3.05, 3.63) is 0 Å². The molecule has 0 bridgehead atoms. The second kappa shape index (κ2) is 4.79. The standard InChI is InChI=1S/C11H18N2O/c1-2-10-9-14-8-3-11(10)13-6-4-12-5-7-13/h1,10-12H,3-9H2. The Labute approximate surface area is 85.8 Å². The number of terminal acetylenes is 1. The molecule has 0 saturated carbocycles. The SMILES string of the molecule is C#CC1COCCC1N1CCNCC1. The zero-order valence-corrected chi connectivity index (χ0v) is 8.54. The summed E-state index contributed by atoms with van der Waals surface area (Å²) in [5.74, 6) is 3.16. The predicted molar refractivity (Wildman–Crippen MR) is 56.0 cm³/mol. The molecule has 0 amide bonds. The number of nitrogens with one attached hydrogen (secondary N) is 1. The maximum absolute atomic E-state index is 5.53. The average Bonchev–Trinajstić information content (AvgIpc) is 2.30. The van der Waals surface area contributed by atoms with Gasteiger partial charge in [0.25, 0.3) is 0 Å². The molecule has 0 aromatic heterocycles. The van der Waals surface area contributed by atoms with Gasteiger partial charge in [0.15, 0.2) is 0 Å². The van der Waals surface area contributed by atoms with Gasteiger partial charge >= 0.3 is 0 Å². The van der Waals surface area contributed by atoms with Crippen LogP contribution in [0.1, 0.15) is 6.42 Å². The Morgan fingerprint density at radius 1 is 1.36 bits per heavy atom. The minimum Gasteiger partial charge on any atom is -0.380 e. The number of hydrogen-bond acceptors (Lipinski definition) is 3. The highest BCUT2D eigenvalue weighted by Gasteiger charge is 2.29. The zero-order valence-electron chi connectivity index (χ0n) is 8.54. The molecule has 78 valence electrons. The van der Waals surface area contributed by atoms with Crippen LogP contribution in [0.2, 0.25) is 0 Å². The largest absolute Gasteiger partial charge is 0.380 e. The van der Waals surface area contributed by atoms with Crippen LogP contribution in [0.4, 0.5) is 0 Å². The van der Waals surface area contributed by atoms with Gasteiger partial charge in [-0.3, -0.25) is 4.90 Å². The van der Waals surface area contributed by atoms with Gasteiger partial charge < -0.3 is 10.1 Å². The van der Waals surface area contributed by atoms with Gasteiger partial charge in [-0.15, -0.1) is 6.42 Å². The molecule has 2 aliphatic heterocycles. The highest BCUT2D eigenvalue weighted by Crippen LogP contribution is 2.20. The number of piperazine rings is 1. The second-order valence-corrected chi connectivity index (χ2v) is 3.99. The number of ether oxygens (including phenoxy) is 1. The Balaban J connectivity index is 1.95. The molecule has 0 radical (unpaired) electrons. The summed E-state index contributed by atoms with van der Waals surface area (Å²) in [5, 5.41) is 3.36. The highest BCUT2D eigenvalue weighted by molar-refractivity contribution is 5.01. The van der Waals surface area contributed by atoms with E-state index in [9.17, 15) is 0 Å². The molecule has 1 N–H and O–H groups in total. The van der Waals surface area contributed by atoms with Crippen molar-refractivity contribution in [2.75, 3.05) is 39.4 Å². The molecule has 14 heavy (non-hydrogen) atoms. The molecule has 0 aromatic carbocycles. The van der Waals surface area contributed by atoms with E-state index in [2.05, 4.69) is 16.1 Å². The summed E-state index contributed by atoms with van der Waals surface area (Å²) in [7, 11) is 0. The van der Waals surface area contributed by atoms with Crippen LogP contribution < -0.4 is 5.32 Å². The molecule has 2 aliphatic rings. The van der Waals surface area contributed by atoms with Crippen LogP contribution in [0.25, 0.3) is 0 Å². The van der Waals surface area contributed by atoms with E-state index < -0.39 is 0 Å². The minimum atomic E-state index is 0.293. The van der Waals surface area contributed by atoms with E-state index in [1.807, 2.05) is 0 Å². The lowest BCUT2D eigenvalue weighted by molar-refractivity contribution is 0.00386. The Morgan fingerprint density at radius 3 is 2.86 bits per heavy atom. The third-order valence-corrected chi connectivity index (χ3v) is 3.15. The van der Waals surface area contributed by atoms with Gasteiger partial charge in [0.05, 0.1) is 12.5 Å². The molecular formula is C11H18N2O. The Kier molecular flexibility index (Phi) is 3.41. The van der Waals surface area contributed by atoms with Crippen molar-refractivity contribution in [1.82, 2.24) is 10.2 Å². The molecule has 2 saturated heterocycles. The molecule has 0 aliphatic carbocycles. The quantitative estimate of drug-likeness (QED) is 0.591. The summed E-state index contributed by atoms with van der Waals surface area (Å²) in [5.41, 5.74) is 0. The van der Waals surface area contributed by atoms with Crippen LogP contribution in [-0.4, -0.2) is 50.3 Å². The third-order valence-electron chi connectivity index (χ3n) is 3.15. The molecule has 0 spiro atoms. The van der Waals surface area contributed by atoms with E-state index in [0.29, 0.717) is 12.0 Å². The van der Waals surface area contributed by atoms with Crippen molar-refractivity contribution in [2.45, 2.75) is 12.5 Å². The van der Waals surface area contributed by atoms with Crippen molar-refractivity contribution < 1.29 is 4.74 Å². The maximum atomic E-state index is 5.53. The second-order valence-electron chi connectivity index (χ2n) is 3.99. The number of nitrogens with zero attached hydrogens (tertiary/aromatic N) is 1. The summed E-state index contributed by atoms with van der Waals surface area (Å²) in [6, 6.07) is 0.552. The van der Waals surface area contributed by atoms with Gasteiger partial charge in [-0.25, -0.2) is 0 Å². The van der Waals surface area contributed by atoms with Crippen LogP contribution in [0.15, 0.2) is 0 Å². The van der Waals surface area contributed by atoms with Crippen LogP contribution in [0.5, 0.6) is 0 Å². The Hall–Kier alpha value is -0.560. The Bertz CT molecular complexity index is 218. The van der Waals surface area contributed by atoms with E-state index in [-0.39, 0.29) is 0 Å². The molecule has 2 atom stereocenters. The maximum Gasteiger partial charge on any atom is 0.0619 e. The minimum absolute atomic E-state index is 0.293. The summed E-state index contributed by atoms with van der Waals surface area (Å²) in [4.78, 5) is 2.52. The van der Waals surface area contributed by atoms with Gasteiger partial charge in [0.2, 0.25) is 0 Å². The van der Waals surface area contributed by atoms with Crippen LogP contribution in [-0.2, 0) is 4.74 Å². The average molecular weight is 194 g/mol. The van der Waals surface area contributed by atoms with Crippen LogP contribution in [0, 0.1) is 18.3 Å². The zero-order chi connectivity index (χ0) is 9.80. The molecule has 2 rings (SSSR count). The van der Waals surface area contributed by atoms with Gasteiger partial charge in [-0.1, -0.05) is 5.92 Å². The molecule has 3 heteroatoms. The van der Waals surface area contributed by atoms with Crippen molar-refractivity contribution >= 4 is 0 Å². The molecule has 2 heterocycles. The lowest BCUT2D eigenvalue weighted by Crippen LogP contribution is -2.53. The van der Waals surface area contributed by atoms with Gasteiger partial charge in [-0.2, -0.15) is 0 Å². The van der Waals surface area contributed by atoms with Gasteiger partial charge in [0.1, 0.15) is 0 Å². The Morgan fingerprint density at radius 2 is 2.14 bits per heavy atom. The van der Waals surface area contributed by atoms with E-state index >= 15 is 0 Å². The monoisotopic (exact) mass is 194 g/mol. The van der Waals surface area contributed by atoms with E-state index in [1.165, 1.54) is 0 Å². The third kappa shape index (κ3) is 2.09. The van der Waals surface area contributed by atoms with Crippen LogP contribution >= 0.6 is 0 Å². The van der Waals surface area contributed by atoms with Gasteiger partial charge in [0, 0.05) is 38.8 Å². The van der Waals surface area contributed by atoms with Crippen LogP contribution in [0.3, 0.4) is 0 Å². The topological polar surface area (TPSA) is 24.5 Å². The molecular weight excluding hydrogens is 176 g/mol. The van der Waals surface area contributed by atoms with Crippen molar-refractivity contribution in [1.29, 1.82) is 0 Å². The highest BCUT2D eigenvalue weighted by atomic mass is 16.5. The fourth-order valence-electron chi connectivity index (χ4n) is 2.34. The van der Waals surface area contributed by atoms with Crippen molar-refractivity contribution in [2.24, 2.45) is 5.92 Å². The van der Waals surface area contributed by atoms with E-state index in [4.69, 9.17) is 11.2 Å². The predicted octanol–water partition coefficient (Wildman–Crippen LogP) is -0.0701. The summed E-state index contributed by atoms with van der Waals surface area (Å²) in [6.07, 6.45) is 6.62. The molecule has 2 unspecified atom stereocenters. The smallest absolute Gasteiger partial charge is 0.0619 e. The normalized spacial score (nSPS) is 35.1. The lowest BCUT2D eigenvalue weighted by Gasteiger charge is -2.39. The fourth-order valence-corrected chi connectivity index (χ4v) is 2.34. The summed E-state index contributed by atoms with van der Waals surface area (Å²) >= 11 is 0. The number of rotatable bonds is 1. The molecule has 3 nitrogen and oxygen atoms in total. The first-order chi connectivity index (χ1) is 6.92. The lowest BCUT2D eigenvalue weighted by atomic mass is 9.94. The first-order valence-electron chi connectivity index (χ1n) is 5.40. The first kappa shape index (κ1) is 9.97. The van der Waals surface area contributed by atoms with E-state index in [1.54, 1.807) is 0 Å². The van der Waals surface area contributed by atoms with Crippen molar-refractivity contribution in [3.63, 3.8) is 0 Å². The number of hydrogen-bond donors (Lipinski definition) is 1. The summed E-state index contributed by atoms with van der Waals surface area (Å²) in [6.45, 7) is 6.05. The van der Waals surface area contributed by atoms with E-state index in [0.717, 1.165) is 45.8 Å². The summed E-state index contributed by atoms with van der Waals surface area (Å²) < 4.78 is 5.41. The first-order valence-corrected chi connectivity index (χ1v) is 5.40. The van der Waals surface area contributed by atoms with Crippen molar-refractivity contribution in [3.8, 4) is 12.3 Å². The molecule has 2 fully saturated rings.